The summed E-state index contributed by atoms with van der Waals surface area (Å²) in [6.07, 6.45) is 2.00. The average Bonchev–Trinajstić information content (AvgIpc) is 2.43. The van der Waals surface area contributed by atoms with Crippen LogP contribution in [0.25, 0.3) is 0 Å². The van der Waals surface area contributed by atoms with Crippen LogP contribution in [-0.2, 0) is 9.47 Å². The van der Waals surface area contributed by atoms with E-state index < -0.39 is 17.7 Å². The zero-order valence-electron chi connectivity index (χ0n) is 10.8. The second kappa shape index (κ2) is 6.93. The van der Waals surface area contributed by atoms with Gasteiger partial charge in [-0.1, -0.05) is 6.07 Å². The van der Waals surface area contributed by atoms with Crippen LogP contribution >= 0.6 is 0 Å². The van der Waals surface area contributed by atoms with Gasteiger partial charge in [-0.2, -0.15) is 0 Å². The van der Waals surface area contributed by atoms with E-state index in [9.17, 15) is 8.78 Å². The number of ether oxygens (including phenoxy) is 2. The molecular formula is C14H19F2NO2. The van der Waals surface area contributed by atoms with E-state index >= 15 is 0 Å². The molecule has 1 heterocycles. The summed E-state index contributed by atoms with van der Waals surface area (Å²) >= 11 is 0. The molecular weight excluding hydrogens is 252 g/mol. The number of benzene rings is 1. The molecule has 1 unspecified atom stereocenters. The number of hydrogen-bond acceptors (Lipinski definition) is 3. The number of nitrogens with two attached hydrogens (primary N) is 1. The Morgan fingerprint density at radius 2 is 2.00 bits per heavy atom. The SMILES string of the molecule is NC(COCC1CCOCC1)c1ccc(F)c(F)c1. The molecule has 0 radical (unpaired) electrons. The van der Waals surface area contributed by atoms with Crippen molar-refractivity contribution < 1.29 is 18.3 Å². The molecule has 5 heteroatoms. The maximum Gasteiger partial charge on any atom is 0.159 e. The molecule has 0 saturated carbocycles. The Bertz CT molecular complexity index is 408. The Labute approximate surface area is 111 Å². The van der Waals surface area contributed by atoms with E-state index in [1.54, 1.807) is 0 Å². The lowest BCUT2D eigenvalue weighted by atomic mass is 10.0. The molecule has 1 aromatic rings. The second-order valence-corrected chi connectivity index (χ2v) is 4.87. The van der Waals surface area contributed by atoms with E-state index in [-0.39, 0.29) is 0 Å². The number of hydrogen-bond donors (Lipinski definition) is 1. The third-order valence-corrected chi connectivity index (χ3v) is 3.36. The maximum absolute atomic E-state index is 13.1. The predicted octanol–water partition coefficient (Wildman–Crippen LogP) is 2.41. The van der Waals surface area contributed by atoms with Crippen molar-refractivity contribution in [2.75, 3.05) is 26.4 Å². The van der Waals surface area contributed by atoms with Gasteiger partial charge in [-0.25, -0.2) is 8.78 Å². The first-order valence-electron chi connectivity index (χ1n) is 6.53. The van der Waals surface area contributed by atoms with Crippen LogP contribution in [0.4, 0.5) is 8.78 Å². The lowest BCUT2D eigenvalue weighted by Crippen LogP contribution is -2.23. The summed E-state index contributed by atoms with van der Waals surface area (Å²) in [7, 11) is 0. The summed E-state index contributed by atoms with van der Waals surface area (Å²) in [5.74, 6) is -1.23. The van der Waals surface area contributed by atoms with Crippen molar-refractivity contribution >= 4 is 0 Å². The van der Waals surface area contributed by atoms with Gasteiger partial charge in [0.2, 0.25) is 0 Å². The van der Waals surface area contributed by atoms with Crippen LogP contribution in [0.2, 0.25) is 0 Å². The summed E-state index contributed by atoms with van der Waals surface area (Å²) in [6.45, 7) is 2.51. The predicted molar refractivity (Wildman–Crippen MR) is 67.6 cm³/mol. The molecule has 1 fully saturated rings. The number of rotatable bonds is 5. The molecule has 1 atom stereocenters. The van der Waals surface area contributed by atoms with Gasteiger partial charge in [0.25, 0.3) is 0 Å². The first kappa shape index (κ1) is 14.4. The van der Waals surface area contributed by atoms with Gasteiger partial charge in [0.05, 0.1) is 12.6 Å². The highest BCUT2D eigenvalue weighted by Gasteiger charge is 2.15. The third kappa shape index (κ3) is 4.23. The topological polar surface area (TPSA) is 44.5 Å². The van der Waals surface area contributed by atoms with E-state index in [1.807, 2.05) is 0 Å². The van der Waals surface area contributed by atoms with Gasteiger partial charge in [0.15, 0.2) is 11.6 Å². The smallest absolute Gasteiger partial charge is 0.159 e. The van der Waals surface area contributed by atoms with Gasteiger partial charge in [-0.05, 0) is 36.5 Å². The molecule has 1 saturated heterocycles. The molecule has 2 rings (SSSR count). The van der Waals surface area contributed by atoms with Crippen LogP contribution in [0.3, 0.4) is 0 Å². The van der Waals surface area contributed by atoms with E-state index in [0.29, 0.717) is 24.7 Å². The minimum atomic E-state index is -0.877. The standard InChI is InChI=1S/C14H19F2NO2/c15-12-2-1-11(7-13(12)16)14(17)9-19-8-10-3-5-18-6-4-10/h1-2,7,10,14H,3-6,8-9,17H2. The highest BCUT2D eigenvalue weighted by Crippen LogP contribution is 2.17. The van der Waals surface area contributed by atoms with Crippen molar-refractivity contribution in [2.45, 2.75) is 18.9 Å². The van der Waals surface area contributed by atoms with Crippen molar-refractivity contribution in [1.29, 1.82) is 0 Å². The van der Waals surface area contributed by atoms with Crippen LogP contribution in [0.15, 0.2) is 18.2 Å². The summed E-state index contributed by atoms with van der Waals surface area (Å²) in [6, 6.07) is 3.26. The maximum atomic E-state index is 13.1. The molecule has 0 aliphatic carbocycles. The zero-order chi connectivity index (χ0) is 13.7. The fourth-order valence-corrected chi connectivity index (χ4v) is 2.11. The van der Waals surface area contributed by atoms with Crippen LogP contribution < -0.4 is 5.73 Å². The molecule has 3 nitrogen and oxygen atoms in total. The molecule has 1 aromatic carbocycles. The lowest BCUT2D eigenvalue weighted by Gasteiger charge is -2.22. The van der Waals surface area contributed by atoms with Gasteiger partial charge >= 0.3 is 0 Å². The molecule has 19 heavy (non-hydrogen) atoms. The summed E-state index contributed by atoms with van der Waals surface area (Å²) in [5, 5.41) is 0. The van der Waals surface area contributed by atoms with E-state index in [2.05, 4.69) is 0 Å². The molecule has 1 aliphatic heterocycles. The fourth-order valence-electron chi connectivity index (χ4n) is 2.11. The Kier molecular flexibility index (Phi) is 5.24. The molecule has 0 spiro atoms. The largest absolute Gasteiger partial charge is 0.381 e. The monoisotopic (exact) mass is 271 g/mol. The van der Waals surface area contributed by atoms with Gasteiger partial charge in [0, 0.05) is 19.8 Å². The van der Waals surface area contributed by atoms with Crippen LogP contribution in [0.1, 0.15) is 24.4 Å². The van der Waals surface area contributed by atoms with E-state index in [1.165, 1.54) is 6.07 Å². The summed E-state index contributed by atoms with van der Waals surface area (Å²) in [5.41, 5.74) is 6.44. The fraction of sp³-hybridized carbons (Fsp3) is 0.571. The first-order valence-corrected chi connectivity index (χ1v) is 6.53. The van der Waals surface area contributed by atoms with Crippen molar-refractivity contribution in [3.8, 4) is 0 Å². The van der Waals surface area contributed by atoms with E-state index in [4.69, 9.17) is 15.2 Å². The van der Waals surface area contributed by atoms with Crippen molar-refractivity contribution in [3.63, 3.8) is 0 Å². The van der Waals surface area contributed by atoms with Crippen molar-refractivity contribution in [2.24, 2.45) is 11.7 Å². The normalized spacial score (nSPS) is 18.5. The van der Waals surface area contributed by atoms with E-state index in [0.717, 1.165) is 38.2 Å². The number of halogens is 2. The average molecular weight is 271 g/mol. The lowest BCUT2D eigenvalue weighted by molar-refractivity contribution is 0.0174. The van der Waals surface area contributed by atoms with Gasteiger partial charge < -0.3 is 15.2 Å². The molecule has 1 aliphatic rings. The van der Waals surface area contributed by atoms with Gasteiger partial charge in [-0.3, -0.25) is 0 Å². The summed E-state index contributed by atoms with van der Waals surface area (Å²) < 4.78 is 36.7. The van der Waals surface area contributed by atoms with Crippen LogP contribution in [-0.4, -0.2) is 26.4 Å². The van der Waals surface area contributed by atoms with Gasteiger partial charge in [-0.15, -0.1) is 0 Å². The molecule has 2 N–H and O–H groups in total. The second-order valence-electron chi connectivity index (χ2n) is 4.87. The Hall–Kier alpha value is -1.04. The highest BCUT2D eigenvalue weighted by molar-refractivity contribution is 5.20. The van der Waals surface area contributed by atoms with Crippen molar-refractivity contribution in [1.82, 2.24) is 0 Å². The molecule has 106 valence electrons. The quantitative estimate of drug-likeness (QED) is 0.894. The minimum Gasteiger partial charge on any atom is -0.381 e. The molecule has 0 aromatic heterocycles. The van der Waals surface area contributed by atoms with Crippen LogP contribution in [0, 0.1) is 17.6 Å². The van der Waals surface area contributed by atoms with Crippen molar-refractivity contribution in [3.05, 3.63) is 35.4 Å². The first-order chi connectivity index (χ1) is 9.16. The van der Waals surface area contributed by atoms with Gasteiger partial charge in [0.1, 0.15) is 0 Å². The minimum absolute atomic E-state index is 0.308. The Balaban J connectivity index is 1.76. The molecule has 0 bridgehead atoms. The molecule has 0 amide bonds. The zero-order valence-corrected chi connectivity index (χ0v) is 10.8. The Morgan fingerprint density at radius 1 is 1.26 bits per heavy atom. The summed E-state index contributed by atoms with van der Waals surface area (Å²) in [4.78, 5) is 0. The third-order valence-electron chi connectivity index (χ3n) is 3.36. The Morgan fingerprint density at radius 3 is 2.68 bits per heavy atom. The highest BCUT2D eigenvalue weighted by atomic mass is 19.2. The van der Waals surface area contributed by atoms with Crippen LogP contribution in [0.5, 0.6) is 0 Å².